The smallest absolute Gasteiger partial charge is 0.0667 e. The first kappa shape index (κ1) is 15.8. The molecule has 0 aliphatic carbocycles. The van der Waals surface area contributed by atoms with Crippen LogP contribution in [0.25, 0.3) is 0 Å². The second kappa shape index (κ2) is 6.90. The van der Waals surface area contributed by atoms with E-state index in [9.17, 15) is 0 Å². The fraction of sp³-hybridized carbons (Fsp3) is 0.500. The van der Waals surface area contributed by atoms with Gasteiger partial charge in [-0.3, -0.25) is 4.68 Å². The summed E-state index contributed by atoms with van der Waals surface area (Å²) < 4.78 is 2.15. The van der Waals surface area contributed by atoms with Crippen LogP contribution in [0, 0.1) is 27.7 Å². The molecule has 0 aliphatic rings. The van der Waals surface area contributed by atoms with Crippen molar-refractivity contribution in [2.45, 2.75) is 54.1 Å². The molecule has 0 spiro atoms. The topological polar surface area (TPSA) is 29.9 Å². The van der Waals surface area contributed by atoms with Crippen LogP contribution in [0.2, 0.25) is 0 Å². The summed E-state index contributed by atoms with van der Waals surface area (Å²) in [5.41, 5.74) is 7.83. The van der Waals surface area contributed by atoms with Crippen LogP contribution in [0.5, 0.6) is 0 Å². The molecular formula is C18H27N3. The minimum atomic E-state index is 0.860. The summed E-state index contributed by atoms with van der Waals surface area (Å²) in [7, 11) is 0. The molecule has 0 aliphatic heterocycles. The number of hydrogen-bond donors (Lipinski definition) is 1. The van der Waals surface area contributed by atoms with Gasteiger partial charge in [0.25, 0.3) is 0 Å². The van der Waals surface area contributed by atoms with E-state index >= 15 is 0 Å². The van der Waals surface area contributed by atoms with E-state index in [1.807, 2.05) is 0 Å². The molecule has 2 aromatic rings. The largest absolute Gasteiger partial charge is 0.313 e. The minimum Gasteiger partial charge on any atom is -0.313 e. The molecule has 0 amide bonds. The Labute approximate surface area is 128 Å². The summed E-state index contributed by atoms with van der Waals surface area (Å²) in [5.74, 6) is 0. The number of nitrogens with zero attached hydrogens (tertiary/aromatic N) is 2. The molecular weight excluding hydrogens is 258 g/mol. The highest BCUT2D eigenvalue weighted by Gasteiger charge is 2.12. The Morgan fingerprint density at radius 2 is 1.71 bits per heavy atom. The molecule has 1 aromatic carbocycles. The lowest BCUT2D eigenvalue weighted by Crippen LogP contribution is -2.15. The molecule has 0 atom stereocenters. The Balaban J connectivity index is 2.23. The second-order valence-corrected chi connectivity index (χ2v) is 5.85. The molecule has 0 bridgehead atoms. The third kappa shape index (κ3) is 3.53. The first-order valence-electron chi connectivity index (χ1n) is 7.83. The van der Waals surface area contributed by atoms with E-state index in [1.165, 1.54) is 27.9 Å². The lowest BCUT2D eigenvalue weighted by atomic mass is 10.0. The van der Waals surface area contributed by atoms with Crippen molar-refractivity contribution in [3.63, 3.8) is 0 Å². The Bertz CT molecular complexity index is 591. The van der Waals surface area contributed by atoms with Gasteiger partial charge in [0.2, 0.25) is 0 Å². The molecule has 3 nitrogen and oxygen atoms in total. The van der Waals surface area contributed by atoms with Gasteiger partial charge < -0.3 is 5.32 Å². The summed E-state index contributed by atoms with van der Waals surface area (Å²) in [5, 5.41) is 8.22. The first-order valence-corrected chi connectivity index (χ1v) is 7.83. The first-order chi connectivity index (χ1) is 10.0. The number of rotatable bonds is 6. The van der Waals surface area contributed by atoms with Crippen LogP contribution in [-0.2, 0) is 13.1 Å². The van der Waals surface area contributed by atoms with Gasteiger partial charge in [0, 0.05) is 17.8 Å². The average Bonchev–Trinajstić information content (AvgIpc) is 2.70. The van der Waals surface area contributed by atoms with E-state index in [-0.39, 0.29) is 0 Å². The summed E-state index contributed by atoms with van der Waals surface area (Å²) in [6, 6.07) is 6.48. The molecule has 114 valence electrons. The zero-order chi connectivity index (χ0) is 15.4. The van der Waals surface area contributed by atoms with Crippen LogP contribution in [0.1, 0.15) is 47.0 Å². The summed E-state index contributed by atoms with van der Waals surface area (Å²) in [4.78, 5) is 0. The van der Waals surface area contributed by atoms with Gasteiger partial charge in [-0.05, 0) is 57.4 Å². The molecule has 1 aromatic heterocycles. The van der Waals surface area contributed by atoms with Gasteiger partial charge >= 0.3 is 0 Å². The van der Waals surface area contributed by atoms with Crippen LogP contribution >= 0.6 is 0 Å². The molecule has 21 heavy (non-hydrogen) atoms. The van der Waals surface area contributed by atoms with Crippen LogP contribution in [0.4, 0.5) is 0 Å². The third-order valence-corrected chi connectivity index (χ3v) is 4.21. The number of aryl methyl sites for hydroxylation is 3. The maximum absolute atomic E-state index is 4.74. The molecule has 3 heteroatoms. The van der Waals surface area contributed by atoms with Gasteiger partial charge in [0.15, 0.2) is 0 Å². The quantitative estimate of drug-likeness (QED) is 0.821. The summed E-state index contributed by atoms with van der Waals surface area (Å²) >= 11 is 0. The van der Waals surface area contributed by atoms with E-state index < -0.39 is 0 Å². The van der Waals surface area contributed by atoms with Gasteiger partial charge in [0.05, 0.1) is 12.2 Å². The molecule has 1 N–H and O–H groups in total. The monoisotopic (exact) mass is 285 g/mol. The fourth-order valence-electron chi connectivity index (χ4n) is 2.78. The van der Waals surface area contributed by atoms with Crippen molar-refractivity contribution in [3.05, 3.63) is 51.8 Å². The van der Waals surface area contributed by atoms with E-state index in [1.54, 1.807) is 0 Å². The van der Waals surface area contributed by atoms with Crippen molar-refractivity contribution in [3.8, 4) is 0 Å². The lowest BCUT2D eigenvalue weighted by Gasteiger charge is -2.11. The van der Waals surface area contributed by atoms with Crippen molar-refractivity contribution in [1.29, 1.82) is 0 Å². The zero-order valence-corrected chi connectivity index (χ0v) is 14.0. The standard InChI is InChI=1S/C18H27N3/c1-6-10-19-11-17-15(4)20-21(16(17)5)12-18-13(2)8-7-9-14(18)3/h7-9,19H,6,10-12H2,1-5H3. The number of aromatic nitrogens is 2. The zero-order valence-electron chi connectivity index (χ0n) is 14.0. The predicted molar refractivity (Wildman–Crippen MR) is 88.7 cm³/mol. The third-order valence-electron chi connectivity index (χ3n) is 4.21. The predicted octanol–water partition coefficient (Wildman–Crippen LogP) is 3.66. The Kier molecular flexibility index (Phi) is 5.18. The van der Waals surface area contributed by atoms with Gasteiger partial charge in [-0.15, -0.1) is 0 Å². The van der Waals surface area contributed by atoms with Crippen LogP contribution in [0.15, 0.2) is 18.2 Å². The second-order valence-electron chi connectivity index (χ2n) is 5.85. The highest BCUT2D eigenvalue weighted by atomic mass is 15.3. The molecule has 0 unspecified atom stereocenters. The van der Waals surface area contributed by atoms with Gasteiger partial charge in [-0.25, -0.2) is 0 Å². The van der Waals surface area contributed by atoms with Gasteiger partial charge in [-0.2, -0.15) is 5.10 Å². The minimum absolute atomic E-state index is 0.860. The number of nitrogens with one attached hydrogen (secondary N) is 1. The van der Waals surface area contributed by atoms with Crippen LogP contribution in [0.3, 0.4) is 0 Å². The van der Waals surface area contributed by atoms with E-state index in [4.69, 9.17) is 5.10 Å². The maximum Gasteiger partial charge on any atom is 0.0667 e. The SMILES string of the molecule is CCCNCc1c(C)nn(Cc2c(C)cccc2C)c1C. The van der Waals surface area contributed by atoms with E-state index in [2.05, 4.69) is 62.8 Å². The Morgan fingerprint density at radius 1 is 1.05 bits per heavy atom. The van der Waals surface area contributed by atoms with Crippen LogP contribution < -0.4 is 5.32 Å². The van der Waals surface area contributed by atoms with Crippen molar-refractivity contribution in [2.24, 2.45) is 0 Å². The number of hydrogen-bond acceptors (Lipinski definition) is 2. The molecule has 0 saturated heterocycles. The van der Waals surface area contributed by atoms with E-state index in [0.29, 0.717) is 0 Å². The van der Waals surface area contributed by atoms with Crippen molar-refractivity contribution >= 4 is 0 Å². The summed E-state index contributed by atoms with van der Waals surface area (Å²) in [6.07, 6.45) is 1.16. The van der Waals surface area contributed by atoms with Gasteiger partial charge in [-0.1, -0.05) is 25.1 Å². The summed E-state index contributed by atoms with van der Waals surface area (Å²) in [6.45, 7) is 13.7. The molecule has 2 rings (SSSR count). The van der Waals surface area contributed by atoms with Crippen molar-refractivity contribution in [2.75, 3.05) is 6.54 Å². The normalized spacial score (nSPS) is 11.1. The molecule has 0 radical (unpaired) electrons. The Hall–Kier alpha value is -1.61. The van der Waals surface area contributed by atoms with Gasteiger partial charge in [0.1, 0.15) is 0 Å². The van der Waals surface area contributed by atoms with Crippen molar-refractivity contribution in [1.82, 2.24) is 15.1 Å². The number of benzene rings is 1. The van der Waals surface area contributed by atoms with Crippen molar-refractivity contribution < 1.29 is 0 Å². The molecule has 0 saturated carbocycles. The highest BCUT2D eigenvalue weighted by Crippen LogP contribution is 2.18. The highest BCUT2D eigenvalue weighted by molar-refractivity contribution is 5.34. The fourth-order valence-corrected chi connectivity index (χ4v) is 2.78. The molecule has 0 fully saturated rings. The lowest BCUT2D eigenvalue weighted by molar-refractivity contribution is 0.646. The average molecular weight is 285 g/mol. The van der Waals surface area contributed by atoms with Crippen LogP contribution in [-0.4, -0.2) is 16.3 Å². The van der Waals surface area contributed by atoms with E-state index in [0.717, 1.165) is 31.7 Å². The molecule has 1 heterocycles. The Morgan fingerprint density at radius 3 is 2.33 bits per heavy atom. The maximum atomic E-state index is 4.74.